The molecule has 0 fully saturated rings. The number of carbonyl (C=O) groups excluding carboxylic acids is 3. The molecule has 0 saturated heterocycles. The van der Waals surface area contributed by atoms with E-state index in [9.17, 15) is 14.4 Å². The van der Waals surface area contributed by atoms with Gasteiger partial charge < -0.3 is 14.2 Å². The second kappa shape index (κ2) is 68.6. The molecule has 0 radical (unpaired) electrons. The van der Waals surface area contributed by atoms with E-state index in [1.807, 2.05) is 0 Å². The summed E-state index contributed by atoms with van der Waals surface area (Å²) in [6.07, 6.45) is 93.9. The van der Waals surface area contributed by atoms with Crippen LogP contribution in [-0.2, 0) is 28.6 Å². The summed E-state index contributed by atoms with van der Waals surface area (Å²) in [5.41, 5.74) is 0. The van der Waals surface area contributed by atoms with Crippen LogP contribution in [0.2, 0.25) is 0 Å². The quantitative estimate of drug-likeness (QED) is 0.0261. The molecule has 0 rings (SSSR count). The van der Waals surface area contributed by atoms with Gasteiger partial charge in [0, 0.05) is 19.3 Å². The van der Waals surface area contributed by atoms with Gasteiger partial charge in [0.15, 0.2) is 6.10 Å². The van der Waals surface area contributed by atoms with Crippen LogP contribution < -0.4 is 0 Å². The number of esters is 3. The lowest BCUT2D eigenvalue weighted by Gasteiger charge is -2.18. The molecule has 0 aliphatic rings. The zero-order valence-electron chi connectivity index (χ0n) is 53.3. The number of hydrogen-bond donors (Lipinski definition) is 0. The third kappa shape index (κ3) is 66.8. The zero-order valence-corrected chi connectivity index (χ0v) is 53.3. The third-order valence-corrected chi connectivity index (χ3v) is 14.8. The Morgan fingerprint density at radius 1 is 0.259 bits per heavy atom. The number of allylic oxidation sites excluding steroid dienone is 18. The Morgan fingerprint density at radius 2 is 0.481 bits per heavy atom. The first-order valence-electron chi connectivity index (χ1n) is 34.4. The van der Waals surface area contributed by atoms with Crippen LogP contribution in [0.15, 0.2) is 109 Å². The van der Waals surface area contributed by atoms with Gasteiger partial charge in [0.2, 0.25) is 0 Å². The summed E-state index contributed by atoms with van der Waals surface area (Å²) in [7, 11) is 0. The van der Waals surface area contributed by atoms with Gasteiger partial charge in [-0.25, -0.2) is 0 Å². The Balaban J connectivity index is 4.27. The average Bonchev–Trinajstić information content (AvgIpc) is 3.47. The van der Waals surface area contributed by atoms with Crippen molar-refractivity contribution < 1.29 is 28.6 Å². The summed E-state index contributed by atoms with van der Waals surface area (Å²) in [6, 6.07) is 0. The standard InChI is InChI=1S/C75H128O6/c1-4-7-10-13-16-19-22-24-26-28-30-32-34-35-36-37-38-39-41-42-44-46-48-50-53-56-59-62-65-68-74(77)80-71-72(70-79-73(76)67-64-61-58-55-52-21-18-15-12-9-6-3)81-75(78)69-66-63-60-57-54-51-49-47-45-43-40-33-31-29-27-25-23-20-17-14-11-8-5-2/h7,10,16,19,23-26,29-32,35-36,38-40,43,72H,4-6,8-9,11-15,17-18,20-22,27-28,33-34,37,41-42,44-71H2,1-3H3/b10-7-,19-16-,25-23-,26-24-,31-29-,32-30-,36-35-,39-38-,43-40-. The van der Waals surface area contributed by atoms with Crippen LogP contribution in [0.25, 0.3) is 0 Å². The molecule has 0 aliphatic heterocycles. The summed E-state index contributed by atoms with van der Waals surface area (Å²) in [4.78, 5) is 38.4. The minimum Gasteiger partial charge on any atom is -0.462 e. The summed E-state index contributed by atoms with van der Waals surface area (Å²) in [5.74, 6) is -0.881. The molecule has 1 atom stereocenters. The van der Waals surface area contributed by atoms with Crippen LogP contribution in [0.5, 0.6) is 0 Å². The number of carbonyl (C=O) groups is 3. The fourth-order valence-electron chi connectivity index (χ4n) is 9.63. The highest BCUT2D eigenvalue weighted by atomic mass is 16.6. The topological polar surface area (TPSA) is 78.9 Å². The summed E-state index contributed by atoms with van der Waals surface area (Å²) < 4.78 is 16.9. The van der Waals surface area contributed by atoms with Gasteiger partial charge in [0.25, 0.3) is 0 Å². The predicted octanol–water partition coefficient (Wildman–Crippen LogP) is 23.8. The largest absolute Gasteiger partial charge is 0.462 e. The molecular formula is C75H128O6. The van der Waals surface area contributed by atoms with Crippen LogP contribution in [0, 0.1) is 0 Å². The van der Waals surface area contributed by atoms with E-state index < -0.39 is 6.10 Å². The first-order chi connectivity index (χ1) is 40.0. The molecule has 6 nitrogen and oxygen atoms in total. The van der Waals surface area contributed by atoms with Crippen LogP contribution in [0.1, 0.15) is 329 Å². The van der Waals surface area contributed by atoms with Crippen molar-refractivity contribution in [2.75, 3.05) is 13.2 Å². The number of ether oxygens (including phenoxy) is 3. The Morgan fingerprint density at radius 3 is 0.753 bits per heavy atom. The maximum Gasteiger partial charge on any atom is 0.306 e. The zero-order chi connectivity index (χ0) is 58.5. The van der Waals surface area contributed by atoms with Crippen molar-refractivity contribution in [3.8, 4) is 0 Å². The van der Waals surface area contributed by atoms with Crippen molar-refractivity contribution in [3.05, 3.63) is 109 Å². The molecule has 0 N–H and O–H groups in total. The molecule has 0 heterocycles. The number of hydrogen-bond acceptors (Lipinski definition) is 6. The molecule has 0 saturated carbocycles. The Bertz CT molecular complexity index is 1620. The molecule has 0 aliphatic carbocycles. The van der Waals surface area contributed by atoms with E-state index in [1.165, 1.54) is 173 Å². The van der Waals surface area contributed by atoms with Gasteiger partial charge >= 0.3 is 17.9 Å². The molecule has 464 valence electrons. The van der Waals surface area contributed by atoms with E-state index in [4.69, 9.17) is 14.2 Å². The van der Waals surface area contributed by atoms with Gasteiger partial charge in [-0.15, -0.1) is 0 Å². The monoisotopic (exact) mass is 1120 g/mol. The minimum atomic E-state index is -0.785. The summed E-state index contributed by atoms with van der Waals surface area (Å²) in [5, 5.41) is 0. The molecule has 0 spiro atoms. The lowest BCUT2D eigenvalue weighted by Crippen LogP contribution is -2.30. The molecule has 81 heavy (non-hydrogen) atoms. The van der Waals surface area contributed by atoms with Crippen molar-refractivity contribution in [2.24, 2.45) is 0 Å². The molecule has 1 unspecified atom stereocenters. The van der Waals surface area contributed by atoms with E-state index in [1.54, 1.807) is 0 Å². The van der Waals surface area contributed by atoms with Crippen LogP contribution in [-0.4, -0.2) is 37.2 Å². The van der Waals surface area contributed by atoms with Gasteiger partial charge in [0.1, 0.15) is 13.2 Å². The SMILES string of the molecule is CC/C=C\C/C=C\C/C=C\C/C=C\C/C=C\C/C=C\CCCCCCCCCCCCC(=O)OCC(COC(=O)CCCCCCCCCCCCC)OC(=O)CCCCCCCCCC/C=C\C/C=C\C/C=C\CCCCCCC. The van der Waals surface area contributed by atoms with Crippen LogP contribution in [0.3, 0.4) is 0 Å². The highest BCUT2D eigenvalue weighted by molar-refractivity contribution is 5.71. The highest BCUT2D eigenvalue weighted by Crippen LogP contribution is 2.16. The van der Waals surface area contributed by atoms with E-state index in [0.717, 1.165) is 116 Å². The lowest BCUT2D eigenvalue weighted by atomic mass is 10.1. The number of unbranched alkanes of at least 4 members (excludes halogenated alkanes) is 33. The van der Waals surface area contributed by atoms with Gasteiger partial charge in [-0.3, -0.25) is 14.4 Å². The molecule has 0 bridgehead atoms. The van der Waals surface area contributed by atoms with Crippen molar-refractivity contribution in [2.45, 2.75) is 335 Å². The molecule has 6 heteroatoms. The molecule has 0 amide bonds. The Labute approximate surface area is 501 Å². The molecule has 0 aromatic carbocycles. The predicted molar refractivity (Wildman–Crippen MR) is 353 cm³/mol. The lowest BCUT2D eigenvalue weighted by molar-refractivity contribution is -0.167. The third-order valence-electron chi connectivity index (χ3n) is 14.8. The van der Waals surface area contributed by atoms with Crippen LogP contribution in [0.4, 0.5) is 0 Å². The summed E-state index contributed by atoms with van der Waals surface area (Å²) in [6.45, 7) is 6.53. The molecule has 0 aromatic heterocycles. The van der Waals surface area contributed by atoms with Crippen molar-refractivity contribution in [1.29, 1.82) is 0 Å². The van der Waals surface area contributed by atoms with Gasteiger partial charge in [-0.2, -0.15) is 0 Å². The molecule has 0 aromatic rings. The minimum absolute atomic E-state index is 0.0799. The van der Waals surface area contributed by atoms with E-state index in [2.05, 4.69) is 130 Å². The fourth-order valence-corrected chi connectivity index (χ4v) is 9.63. The second-order valence-corrected chi connectivity index (χ2v) is 22.7. The fraction of sp³-hybridized carbons (Fsp3) is 0.720. The Kier molecular flexibility index (Phi) is 65.2. The first kappa shape index (κ1) is 77.1. The van der Waals surface area contributed by atoms with Crippen molar-refractivity contribution in [3.63, 3.8) is 0 Å². The number of rotatable bonds is 62. The Hall–Kier alpha value is -3.93. The van der Waals surface area contributed by atoms with Crippen molar-refractivity contribution in [1.82, 2.24) is 0 Å². The maximum atomic E-state index is 12.9. The maximum absolute atomic E-state index is 12.9. The van der Waals surface area contributed by atoms with E-state index in [0.29, 0.717) is 19.3 Å². The smallest absolute Gasteiger partial charge is 0.306 e. The highest BCUT2D eigenvalue weighted by Gasteiger charge is 2.19. The van der Waals surface area contributed by atoms with E-state index >= 15 is 0 Å². The normalized spacial score (nSPS) is 12.8. The van der Waals surface area contributed by atoms with Gasteiger partial charge in [-0.1, -0.05) is 310 Å². The average molecular weight is 1130 g/mol. The second-order valence-electron chi connectivity index (χ2n) is 22.7. The first-order valence-corrected chi connectivity index (χ1v) is 34.4. The molecular weight excluding hydrogens is 997 g/mol. The van der Waals surface area contributed by atoms with E-state index in [-0.39, 0.29) is 31.1 Å². The van der Waals surface area contributed by atoms with Gasteiger partial charge in [-0.05, 0) is 109 Å². The summed E-state index contributed by atoms with van der Waals surface area (Å²) >= 11 is 0. The van der Waals surface area contributed by atoms with Crippen LogP contribution >= 0.6 is 0 Å². The van der Waals surface area contributed by atoms with Gasteiger partial charge in [0.05, 0.1) is 0 Å². The van der Waals surface area contributed by atoms with Crippen molar-refractivity contribution >= 4 is 17.9 Å².